The van der Waals surface area contributed by atoms with Crippen molar-refractivity contribution in [3.8, 4) is 0 Å². The van der Waals surface area contributed by atoms with E-state index in [0.29, 0.717) is 11.8 Å². The van der Waals surface area contributed by atoms with E-state index in [1.54, 1.807) is 13.0 Å². The minimum Gasteiger partial charge on any atom is -0.455 e. The second-order valence-electron chi connectivity index (χ2n) is 13.7. The second kappa shape index (κ2) is 9.52. The van der Waals surface area contributed by atoms with E-state index in [1.807, 2.05) is 6.08 Å². The van der Waals surface area contributed by atoms with Crippen LogP contribution in [0.1, 0.15) is 78.6 Å². The third-order valence-corrected chi connectivity index (χ3v) is 12.3. The van der Waals surface area contributed by atoms with E-state index in [0.717, 1.165) is 57.8 Å². The third-order valence-electron chi connectivity index (χ3n) is 12.3. The molecule has 0 aromatic carbocycles. The minimum atomic E-state index is -1.04. The fraction of sp³-hybridized carbons (Fsp3) is 0.900. The summed E-state index contributed by atoms with van der Waals surface area (Å²) in [7, 11) is 1.49. The molecule has 0 bridgehead atoms. The predicted molar refractivity (Wildman–Crippen MR) is 138 cm³/mol. The van der Waals surface area contributed by atoms with Gasteiger partial charge in [-0.25, -0.2) is 4.79 Å². The molecular formula is C30H46O8. The van der Waals surface area contributed by atoms with Gasteiger partial charge in [-0.2, -0.15) is 0 Å². The highest BCUT2D eigenvalue weighted by Crippen LogP contribution is 2.69. The number of methoxy groups -OCH3 is 1. The summed E-state index contributed by atoms with van der Waals surface area (Å²) in [6.45, 7) is 6.47. The van der Waals surface area contributed by atoms with Crippen LogP contribution in [0.3, 0.4) is 0 Å². The Bertz CT molecular complexity index is 955. The van der Waals surface area contributed by atoms with Gasteiger partial charge < -0.3 is 34.3 Å². The van der Waals surface area contributed by atoms with E-state index in [2.05, 4.69) is 13.8 Å². The maximum atomic E-state index is 12.4. The lowest BCUT2D eigenvalue weighted by molar-refractivity contribution is -0.313. The Labute approximate surface area is 226 Å². The number of hydrogen-bond acceptors (Lipinski definition) is 8. The van der Waals surface area contributed by atoms with Crippen molar-refractivity contribution < 1.29 is 39.1 Å². The van der Waals surface area contributed by atoms with Crippen molar-refractivity contribution in [2.75, 3.05) is 7.11 Å². The van der Waals surface area contributed by atoms with Crippen LogP contribution in [0.4, 0.5) is 0 Å². The van der Waals surface area contributed by atoms with Gasteiger partial charge in [0.1, 0.15) is 24.4 Å². The predicted octanol–water partition coefficient (Wildman–Crippen LogP) is 3.11. The van der Waals surface area contributed by atoms with Gasteiger partial charge in [0.2, 0.25) is 0 Å². The lowest BCUT2D eigenvalue weighted by Crippen LogP contribution is -2.63. The van der Waals surface area contributed by atoms with Crippen LogP contribution in [0.15, 0.2) is 12.2 Å². The molecule has 11 unspecified atom stereocenters. The van der Waals surface area contributed by atoms with Crippen LogP contribution in [-0.4, -0.2) is 76.9 Å². The monoisotopic (exact) mass is 534 g/mol. The molecule has 2 heterocycles. The molecule has 38 heavy (non-hydrogen) atoms. The molecule has 0 radical (unpaired) electrons. The van der Waals surface area contributed by atoms with Gasteiger partial charge >= 0.3 is 5.97 Å². The molecule has 0 amide bonds. The molecule has 0 aromatic heterocycles. The van der Waals surface area contributed by atoms with Crippen LogP contribution in [0.5, 0.6) is 0 Å². The van der Waals surface area contributed by atoms with Crippen molar-refractivity contribution in [3.05, 3.63) is 12.2 Å². The van der Waals surface area contributed by atoms with Crippen LogP contribution < -0.4 is 0 Å². The highest BCUT2D eigenvalue weighted by Gasteiger charge is 2.68. The summed E-state index contributed by atoms with van der Waals surface area (Å²) >= 11 is 0. The Kier molecular flexibility index (Phi) is 6.80. The molecule has 14 atom stereocenters. The van der Waals surface area contributed by atoms with E-state index >= 15 is 0 Å². The number of cyclic esters (lactones) is 1. The highest BCUT2D eigenvalue weighted by atomic mass is 16.7. The number of carbonyl (C=O) groups excluding carboxylic acids is 1. The second-order valence-corrected chi connectivity index (χ2v) is 13.7. The van der Waals surface area contributed by atoms with Crippen LogP contribution >= 0.6 is 0 Å². The number of rotatable bonds is 4. The van der Waals surface area contributed by atoms with Gasteiger partial charge in [0.15, 0.2) is 6.29 Å². The van der Waals surface area contributed by atoms with Crippen molar-refractivity contribution in [2.24, 2.45) is 34.5 Å². The number of aliphatic hydroxyl groups is 3. The van der Waals surface area contributed by atoms with E-state index in [1.165, 1.54) is 7.11 Å². The summed E-state index contributed by atoms with van der Waals surface area (Å²) in [6, 6.07) is 0. The van der Waals surface area contributed by atoms with Gasteiger partial charge in [-0.05, 0) is 94.0 Å². The van der Waals surface area contributed by atoms with Crippen molar-refractivity contribution in [1.29, 1.82) is 0 Å². The Hall–Kier alpha value is -1.03. The van der Waals surface area contributed by atoms with Gasteiger partial charge in [-0.15, -0.1) is 0 Å². The molecule has 1 saturated heterocycles. The average Bonchev–Trinajstić information content (AvgIpc) is 3.43. The minimum absolute atomic E-state index is 0.0131. The summed E-state index contributed by atoms with van der Waals surface area (Å²) in [6.07, 6.45) is 7.90. The first kappa shape index (κ1) is 27.2. The average molecular weight is 535 g/mol. The maximum absolute atomic E-state index is 12.4. The Balaban J connectivity index is 1.15. The summed E-state index contributed by atoms with van der Waals surface area (Å²) in [5, 5.41) is 33.4. The molecule has 8 nitrogen and oxygen atoms in total. The van der Waals surface area contributed by atoms with Crippen molar-refractivity contribution >= 4 is 5.97 Å². The van der Waals surface area contributed by atoms with E-state index in [4.69, 9.17) is 18.9 Å². The molecule has 8 heteroatoms. The lowest BCUT2D eigenvalue weighted by Gasteiger charge is -2.64. The van der Waals surface area contributed by atoms with E-state index in [-0.39, 0.29) is 40.8 Å². The van der Waals surface area contributed by atoms with E-state index < -0.39 is 36.3 Å². The third kappa shape index (κ3) is 3.88. The fourth-order valence-electron chi connectivity index (χ4n) is 10.1. The quantitative estimate of drug-likeness (QED) is 0.372. The SMILES string of the molecule is COC1C(O)C(C)OC(OC2CC[C@@]3(C)C(CCC4C3CC[C@]3(C)C(C5C=CC(=O)O5)CC[C@]43O)C2)C1O. The zero-order valence-electron chi connectivity index (χ0n) is 23.3. The highest BCUT2D eigenvalue weighted by molar-refractivity contribution is 5.84. The van der Waals surface area contributed by atoms with E-state index in [9.17, 15) is 20.1 Å². The molecule has 0 spiro atoms. The molecule has 2 aliphatic heterocycles. The first-order valence-corrected chi connectivity index (χ1v) is 14.8. The normalized spacial score (nSPS) is 56.2. The maximum Gasteiger partial charge on any atom is 0.331 e. The largest absolute Gasteiger partial charge is 0.455 e. The molecule has 6 rings (SSSR count). The smallest absolute Gasteiger partial charge is 0.331 e. The number of carbonyl (C=O) groups is 1. The van der Waals surface area contributed by atoms with Crippen LogP contribution in [0, 0.1) is 34.5 Å². The summed E-state index contributed by atoms with van der Waals surface area (Å²) in [5.74, 6) is 1.13. The molecule has 5 fully saturated rings. The first-order chi connectivity index (χ1) is 18.0. The van der Waals surface area contributed by atoms with Gasteiger partial charge in [0.25, 0.3) is 0 Å². The summed E-state index contributed by atoms with van der Waals surface area (Å²) in [4.78, 5) is 11.8. The van der Waals surface area contributed by atoms with Gasteiger partial charge in [-0.3, -0.25) is 0 Å². The van der Waals surface area contributed by atoms with Gasteiger partial charge in [0.05, 0.1) is 17.8 Å². The number of esters is 1. The Morgan fingerprint density at radius 1 is 0.974 bits per heavy atom. The van der Waals surface area contributed by atoms with Crippen molar-refractivity contribution in [1.82, 2.24) is 0 Å². The van der Waals surface area contributed by atoms with Crippen LogP contribution in [0.2, 0.25) is 0 Å². The van der Waals surface area contributed by atoms with Crippen LogP contribution in [0.25, 0.3) is 0 Å². The topological polar surface area (TPSA) is 115 Å². The number of aliphatic hydroxyl groups excluding tert-OH is 2. The lowest BCUT2D eigenvalue weighted by atomic mass is 9.43. The van der Waals surface area contributed by atoms with Crippen molar-refractivity contribution in [3.63, 3.8) is 0 Å². The van der Waals surface area contributed by atoms with Crippen LogP contribution in [-0.2, 0) is 23.7 Å². The Morgan fingerprint density at radius 2 is 1.74 bits per heavy atom. The molecule has 6 aliphatic rings. The molecule has 214 valence electrons. The summed E-state index contributed by atoms with van der Waals surface area (Å²) < 4.78 is 23.2. The Morgan fingerprint density at radius 3 is 2.45 bits per heavy atom. The van der Waals surface area contributed by atoms with Crippen molar-refractivity contribution in [2.45, 2.75) is 127 Å². The first-order valence-electron chi connectivity index (χ1n) is 14.8. The number of hydrogen-bond donors (Lipinski definition) is 3. The summed E-state index contributed by atoms with van der Waals surface area (Å²) in [5.41, 5.74) is -0.829. The molecule has 4 saturated carbocycles. The fourth-order valence-corrected chi connectivity index (χ4v) is 10.1. The zero-order valence-corrected chi connectivity index (χ0v) is 23.3. The van der Waals surface area contributed by atoms with Gasteiger partial charge in [-0.1, -0.05) is 13.8 Å². The molecule has 0 aromatic rings. The standard InChI is InChI=1S/C30H46O8/c1-16-24(32)26(35-4)25(33)27(36-16)37-18-9-12-28(2)17(15-18)5-6-20-19(28)10-13-29(3)21(11-14-30(20,29)34)22-7-8-23(31)38-22/h7-8,16-22,24-27,32-34H,5-6,9-15H2,1-4H3/t16?,17?,18?,19?,20?,21?,22?,24?,25?,26?,27?,28-,29+,30-/m0/s1. The molecule has 3 N–H and O–H groups in total. The number of fused-ring (bicyclic) bond motifs is 5. The number of ether oxygens (including phenoxy) is 4. The molecule has 4 aliphatic carbocycles. The molecular weight excluding hydrogens is 488 g/mol. The van der Waals surface area contributed by atoms with Gasteiger partial charge in [0, 0.05) is 24.5 Å². The zero-order chi connectivity index (χ0) is 27.0.